The molecule has 1 aromatic heterocycles. The van der Waals surface area contributed by atoms with Gasteiger partial charge in [-0.1, -0.05) is 0 Å². The summed E-state index contributed by atoms with van der Waals surface area (Å²) in [5.74, 6) is -0.492. The van der Waals surface area contributed by atoms with Crippen LogP contribution < -0.4 is 14.8 Å². The van der Waals surface area contributed by atoms with Gasteiger partial charge in [-0.15, -0.1) is 20.1 Å². The number of carbonyl (C=O) groups excluding carboxylic acids is 1. The third-order valence-corrected chi connectivity index (χ3v) is 4.88. The average Bonchev–Trinajstić information content (AvgIpc) is 2.87. The number of rotatable bonds is 2. The van der Waals surface area contributed by atoms with E-state index in [0.29, 0.717) is 10.6 Å². The monoisotopic (exact) mass is 375 g/mol. The van der Waals surface area contributed by atoms with Crippen LogP contribution in [0.5, 0.6) is 11.5 Å². The van der Waals surface area contributed by atoms with Gasteiger partial charge in [0, 0.05) is 11.8 Å². The zero-order valence-corrected chi connectivity index (χ0v) is 13.0. The van der Waals surface area contributed by atoms with Gasteiger partial charge in [0.05, 0.1) is 8.66 Å². The molecule has 3 rings (SSSR count). The number of amides is 1. The molecule has 0 saturated carbocycles. The van der Waals surface area contributed by atoms with E-state index in [0.717, 1.165) is 9.35 Å². The van der Waals surface area contributed by atoms with Crippen molar-refractivity contribution in [3.63, 3.8) is 0 Å². The maximum atomic E-state index is 12.9. The van der Waals surface area contributed by atoms with E-state index in [9.17, 15) is 13.6 Å². The van der Waals surface area contributed by atoms with Crippen LogP contribution in [0.3, 0.4) is 0 Å². The number of halogens is 3. The van der Waals surface area contributed by atoms with Crippen molar-refractivity contribution >= 4 is 38.9 Å². The summed E-state index contributed by atoms with van der Waals surface area (Å²) in [5.41, 5.74) is 1.30. The molecule has 0 fully saturated rings. The smallest absolute Gasteiger partial charge is 0.395 e. The Kier molecular flexibility index (Phi) is 3.37. The quantitative estimate of drug-likeness (QED) is 0.846. The van der Waals surface area contributed by atoms with Crippen molar-refractivity contribution in [3.8, 4) is 11.5 Å². The molecule has 0 radical (unpaired) electrons. The van der Waals surface area contributed by atoms with Gasteiger partial charge in [0.15, 0.2) is 11.5 Å². The van der Waals surface area contributed by atoms with Crippen molar-refractivity contribution < 1.29 is 23.0 Å². The number of hydrogen-bond donors (Lipinski definition) is 1. The number of ether oxygens (including phenoxy) is 2. The van der Waals surface area contributed by atoms with Crippen LogP contribution >= 0.6 is 27.3 Å². The summed E-state index contributed by atoms with van der Waals surface area (Å²) in [5, 5.41) is 2.63. The summed E-state index contributed by atoms with van der Waals surface area (Å²) in [6, 6.07) is 5.83. The zero-order valence-electron chi connectivity index (χ0n) is 10.6. The van der Waals surface area contributed by atoms with Gasteiger partial charge < -0.3 is 14.8 Å². The second-order valence-electron chi connectivity index (χ2n) is 4.35. The highest BCUT2D eigenvalue weighted by atomic mass is 79.9. The first-order valence-corrected chi connectivity index (χ1v) is 7.42. The minimum atomic E-state index is -3.67. The minimum Gasteiger partial charge on any atom is -0.395 e. The Morgan fingerprint density at radius 3 is 2.67 bits per heavy atom. The molecule has 1 aromatic carbocycles. The summed E-state index contributed by atoms with van der Waals surface area (Å²) in [4.78, 5) is 12.6. The normalized spacial score (nSPS) is 15.0. The highest BCUT2D eigenvalue weighted by molar-refractivity contribution is 9.11. The van der Waals surface area contributed by atoms with Crippen LogP contribution in [0.4, 0.5) is 14.5 Å². The molecule has 0 atom stereocenters. The molecule has 0 bridgehead atoms. The maximum absolute atomic E-state index is 12.9. The van der Waals surface area contributed by atoms with E-state index in [4.69, 9.17) is 0 Å². The van der Waals surface area contributed by atoms with Gasteiger partial charge in [0.25, 0.3) is 5.91 Å². The number of anilines is 1. The molecule has 0 aliphatic carbocycles. The fourth-order valence-electron chi connectivity index (χ4n) is 1.79. The molecule has 4 nitrogen and oxygen atoms in total. The predicted octanol–water partition coefficient (Wildman–Crippen LogP) is 4.39. The number of hydrogen-bond acceptors (Lipinski definition) is 4. The van der Waals surface area contributed by atoms with E-state index in [1.165, 1.54) is 29.5 Å². The number of carbonyl (C=O) groups is 1. The van der Waals surface area contributed by atoms with Gasteiger partial charge in [-0.2, -0.15) is 0 Å². The van der Waals surface area contributed by atoms with Crippen molar-refractivity contribution in [2.45, 2.75) is 13.2 Å². The summed E-state index contributed by atoms with van der Waals surface area (Å²) in [7, 11) is 0. The van der Waals surface area contributed by atoms with E-state index >= 15 is 0 Å². The number of aryl methyl sites for hydroxylation is 1. The Labute approximate surface area is 130 Å². The van der Waals surface area contributed by atoms with E-state index in [-0.39, 0.29) is 17.4 Å². The van der Waals surface area contributed by atoms with E-state index in [1.807, 2.05) is 6.92 Å². The Morgan fingerprint density at radius 2 is 2.00 bits per heavy atom. The van der Waals surface area contributed by atoms with E-state index in [1.54, 1.807) is 6.07 Å². The van der Waals surface area contributed by atoms with Crippen LogP contribution in [0.25, 0.3) is 0 Å². The van der Waals surface area contributed by atoms with Crippen molar-refractivity contribution in [1.82, 2.24) is 0 Å². The van der Waals surface area contributed by atoms with Gasteiger partial charge in [-0.25, -0.2) is 0 Å². The first-order chi connectivity index (χ1) is 9.84. The molecule has 2 aromatic rings. The van der Waals surface area contributed by atoms with Gasteiger partial charge in [0.2, 0.25) is 0 Å². The van der Waals surface area contributed by atoms with Crippen molar-refractivity contribution in [2.24, 2.45) is 0 Å². The number of fused-ring (bicyclic) bond motifs is 1. The minimum absolute atomic E-state index is 0.0623. The fraction of sp³-hybridized carbons (Fsp3) is 0.154. The zero-order chi connectivity index (χ0) is 15.2. The number of benzene rings is 1. The highest BCUT2D eigenvalue weighted by Crippen LogP contribution is 2.42. The van der Waals surface area contributed by atoms with Crippen molar-refractivity contribution in [1.29, 1.82) is 0 Å². The Morgan fingerprint density at radius 1 is 1.29 bits per heavy atom. The molecule has 1 aliphatic rings. The highest BCUT2D eigenvalue weighted by Gasteiger charge is 2.43. The third-order valence-electron chi connectivity index (χ3n) is 2.74. The van der Waals surface area contributed by atoms with Crippen LogP contribution in [0, 0.1) is 6.92 Å². The first kappa shape index (κ1) is 14.3. The molecule has 8 heteroatoms. The molecule has 0 spiro atoms. The molecule has 2 heterocycles. The summed E-state index contributed by atoms with van der Waals surface area (Å²) >= 11 is 4.64. The number of alkyl halides is 2. The van der Waals surface area contributed by atoms with Crippen LogP contribution in [0.2, 0.25) is 0 Å². The molecule has 110 valence electrons. The standard InChI is InChI=1S/C13H8BrF2NO3S/c1-6-4-10(21-11(6)14)12(18)17-7-2-3-8-9(5-7)20-13(15,16)19-8/h2-5H,1H3,(H,17,18). The summed E-state index contributed by atoms with van der Waals surface area (Å²) in [6.45, 7) is 1.88. The van der Waals surface area contributed by atoms with Crippen molar-refractivity contribution in [2.75, 3.05) is 5.32 Å². The van der Waals surface area contributed by atoms with Crippen LogP contribution in [0.15, 0.2) is 28.1 Å². The third kappa shape index (κ3) is 2.86. The molecule has 1 N–H and O–H groups in total. The molecular weight excluding hydrogens is 368 g/mol. The number of nitrogens with one attached hydrogen (secondary N) is 1. The number of thiophene rings is 1. The molecule has 0 saturated heterocycles. The molecule has 0 unspecified atom stereocenters. The summed E-state index contributed by atoms with van der Waals surface area (Å²) < 4.78 is 35.3. The predicted molar refractivity (Wildman–Crippen MR) is 77.4 cm³/mol. The Hall–Kier alpha value is -1.67. The van der Waals surface area contributed by atoms with Crippen molar-refractivity contribution in [3.05, 3.63) is 38.5 Å². The average molecular weight is 376 g/mol. The van der Waals surface area contributed by atoms with Crippen LogP contribution in [0.1, 0.15) is 15.2 Å². The first-order valence-electron chi connectivity index (χ1n) is 5.81. The fourth-order valence-corrected chi connectivity index (χ4v) is 3.22. The van der Waals surface area contributed by atoms with Gasteiger partial charge in [-0.3, -0.25) is 4.79 Å². The Bertz CT molecular complexity index is 713. The second-order valence-corrected chi connectivity index (χ2v) is 6.72. The van der Waals surface area contributed by atoms with Gasteiger partial charge in [-0.05, 0) is 46.6 Å². The molecular formula is C13H8BrF2NO3S. The van der Waals surface area contributed by atoms with Gasteiger partial charge in [0.1, 0.15) is 0 Å². The topological polar surface area (TPSA) is 47.6 Å². The SMILES string of the molecule is Cc1cc(C(=O)Nc2ccc3c(c2)OC(F)(F)O3)sc1Br. The summed E-state index contributed by atoms with van der Waals surface area (Å²) in [6.07, 6.45) is -3.67. The molecule has 1 amide bonds. The second kappa shape index (κ2) is 4.96. The van der Waals surface area contributed by atoms with Gasteiger partial charge >= 0.3 is 6.29 Å². The van der Waals surface area contributed by atoms with E-state index in [2.05, 4.69) is 30.7 Å². The lowest BCUT2D eigenvalue weighted by Gasteiger charge is -2.05. The van der Waals surface area contributed by atoms with Crippen LogP contribution in [-0.2, 0) is 0 Å². The largest absolute Gasteiger partial charge is 0.586 e. The lowest BCUT2D eigenvalue weighted by molar-refractivity contribution is -0.286. The molecule has 21 heavy (non-hydrogen) atoms. The van der Waals surface area contributed by atoms with E-state index < -0.39 is 6.29 Å². The van der Waals surface area contributed by atoms with Crippen LogP contribution in [-0.4, -0.2) is 12.2 Å². The molecule has 1 aliphatic heterocycles. The maximum Gasteiger partial charge on any atom is 0.586 e. The lowest BCUT2D eigenvalue weighted by Crippen LogP contribution is -2.25. The lowest BCUT2D eigenvalue weighted by atomic mass is 10.2. The Balaban J connectivity index is 1.79.